The number of esters is 1. The second-order valence-corrected chi connectivity index (χ2v) is 8.41. The number of aromatic nitrogens is 2. The summed E-state index contributed by atoms with van der Waals surface area (Å²) in [6, 6.07) is 4.94. The summed E-state index contributed by atoms with van der Waals surface area (Å²) in [6.45, 7) is 1.37. The Balaban J connectivity index is 1.68. The van der Waals surface area contributed by atoms with Crippen LogP contribution in [-0.4, -0.2) is 67.7 Å². The number of aromatic hydroxyl groups is 1. The zero-order valence-electron chi connectivity index (χ0n) is 19.4. The number of carbonyl (C=O) groups is 2. The van der Waals surface area contributed by atoms with E-state index in [4.69, 9.17) is 9.47 Å². The maximum Gasteiger partial charge on any atom is 0.330 e. The minimum absolute atomic E-state index is 0.0341. The lowest BCUT2D eigenvalue weighted by Crippen LogP contribution is -2.44. The van der Waals surface area contributed by atoms with Gasteiger partial charge in [-0.15, -0.1) is 0 Å². The minimum Gasteiger partial charge on any atom is -0.508 e. The fourth-order valence-corrected chi connectivity index (χ4v) is 3.68. The number of H-pyrrole nitrogens is 1. The van der Waals surface area contributed by atoms with Crippen molar-refractivity contribution >= 4 is 11.9 Å². The number of phenolic OH excluding ortho intramolecular Hbond substituents is 1. The maximum atomic E-state index is 13.6. The summed E-state index contributed by atoms with van der Waals surface area (Å²) in [5.41, 5.74) is -1.69. The number of nitrogens with one attached hydrogen (secondary N) is 2. The van der Waals surface area contributed by atoms with E-state index in [2.05, 4.69) is 5.32 Å². The van der Waals surface area contributed by atoms with Crippen molar-refractivity contribution in [3.05, 3.63) is 62.7 Å². The van der Waals surface area contributed by atoms with Crippen LogP contribution in [0.5, 0.6) is 5.75 Å². The van der Waals surface area contributed by atoms with Gasteiger partial charge in [-0.05, 0) is 24.1 Å². The SMILES string of the molecule is CCCCC(=O)N[C@@H](Cc1ccc(O)cc1)C(=O)OC[C@H]1O[C@@H](n2cc(F)c(=O)[nH]c2=O)[C@H](O)[C@@H]1O. The average Bonchev–Trinajstić information content (AvgIpc) is 3.12. The Hall–Kier alpha value is -3.55. The molecule has 0 bridgehead atoms. The topological polar surface area (TPSA) is 180 Å². The number of nitrogens with zero attached hydrogens (tertiary/aromatic N) is 1. The molecule has 1 amide bonds. The summed E-state index contributed by atoms with van der Waals surface area (Å²) >= 11 is 0. The molecule has 196 valence electrons. The zero-order chi connectivity index (χ0) is 26.4. The first-order valence-corrected chi connectivity index (χ1v) is 11.4. The smallest absolute Gasteiger partial charge is 0.330 e. The number of aliphatic hydroxyl groups excluding tert-OH is 2. The summed E-state index contributed by atoms with van der Waals surface area (Å²) in [7, 11) is 0. The number of ether oxygens (including phenoxy) is 2. The predicted octanol–water partition coefficient (Wildman–Crippen LogP) is -0.539. The van der Waals surface area contributed by atoms with Crippen LogP contribution in [0.4, 0.5) is 4.39 Å². The highest BCUT2D eigenvalue weighted by molar-refractivity contribution is 5.84. The van der Waals surface area contributed by atoms with Crippen LogP contribution in [0.15, 0.2) is 40.1 Å². The van der Waals surface area contributed by atoms with Crippen molar-refractivity contribution in [1.82, 2.24) is 14.9 Å². The third-order valence-electron chi connectivity index (χ3n) is 5.68. The lowest BCUT2D eigenvalue weighted by Gasteiger charge is -2.20. The molecule has 0 aliphatic carbocycles. The number of benzene rings is 1. The highest BCUT2D eigenvalue weighted by Crippen LogP contribution is 2.28. The number of hydrogen-bond donors (Lipinski definition) is 5. The number of carbonyl (C=O) groups excluding carboxylic acids is 2. The van der Waals surface area contributed by atoms with E-state index in [1.807, 2.05) is 6.92 Å². The largest absolute Gasteiger partial charge is 0.508 e. The Labute approximate surface area is 204 Å². The van der Waals surface area contributed by atoms with Gasteiger partial charge in [0.15, 0.2) is 6.23 Å². The Morgan fingerprint density at radius 3 is 2.58 bits per heavy atom. The Morgan fingerprint density at radius 2 is 1.92 bits per heavy atom. The van der Waals surface area contributed by atoms with Gasteiger partial charge < -0.3 is 30.1 Å². The predicted molar refractivity (Wildman–Crippen MR) is 121 cm³/mol. The molecule has 2 heterocycles. The van der Waals surface area contributed by atoms with Crippen LogP contribution in [0.1, 0.15) is 38.0 Å². The van der Waals surface area contributed by atoms with Crippen molar-refractivity contribution in [1.29, 1.82) is 0 Å². The molecule has 36 heavy (non-hydrogen) atoms. The Kier molecular flexibility index (Phi) is 8.96. The molecule has 0 saturated carbocycles. The second kappa shape index (κ2) is 11.9. The van der Waals surface area contributed by atoms with Gasteiger partial charge in [-0.3, -0.25) is 19.1 Å². The fraction of sp³-hybridized carbons (Fsp3) is 0.478. The van der Waals surface area contributed by atoms with Crippen molar-refractivity contribution in [2.75, 3.05) is 6.61 Å². The fourth-order valence-electron chi connectivity index (χ4n) is 3.68. The molecule has 1 aliphatic heterocycles. The number of aliphatic hydroxyl groups is 2. The van der Waals surface area contributed by atoms with Crippen LogP contribution in [-0.2, 0) is 25.5 Å². The first-order valence-electron chi connectivity index (χ1n) is 11.4. The van der Waals surface area contributed by atoms with E-state index < -0.39 is 60.2 Å². The number of halogens is 1. The molecular weight excluding hydrogens is 481 g/mol. The Bertz CT molecular complexity index is 1180. The second-order valence-electron chi connectivity index (χ2n) is 8.41. The molecule has 1 saturated heterocycles. The lowest BCUT2D eigenvalue weighted by atomic mass is 10.1. The number of aromatic amines is 1. The van der Waals surface area contributed by atoms with Crippen LogP contribution in [0.25, 0.3) is 0 Å². The van der Waals surface area contributed by atoms with Crippen LogP contribution < -0.4 is 16.6 Å². The molecule has 13 heteroatoms. The molecule has 0 unspecified atom stereocenters. The molecule has 5 atom stereocenters. The first kappa shape index (κ1) is 27.0. The van der Waals surface area contributed by atoms with Crippen molar-refractivity contribution in [3.8, 4) is 5.75 Å². The van der Waals surface area contributed by atoms with E-state index in [1.165, 1.54) is 12.1 Å². The molecule has 3 rings (SSSR count). The van der Waals surface area contributed by atoms with E-state index >= 15 is 0 Å². The summed E-state index contributed by atoms with van der Waals surface area (Å²) in [6.07, 6.45) is -3.94. The summed E-state index contributed by atoms with van der Waals surface area (Å²) in [5, 5.41) is 32.7. The van der Waals surface area contributed by atoms with Gasteiger partial charge in [-0.1, -0.05) is 25.5 Å². The quantitative estimate of drug-likeness (QED) is 0.263. The number of phenols is 1. The molecule has 0 spiro atoms. The molecule has 1 aromatic heterocycles. The summed E-state index contributed by atoms with van der Waals surface area (Å²) in [4.78, 5) is 50.0. The van der Waals surface area contributed by atoms with Gasteiger partial charge in [-0.2, -0.15) is 4.39 Å². The minimum atomic E-state index is -1.70. The van der Waals surface area contributed by atoms with Crippen molar-refractivity contribution < 1.29 is 38.8 Å². The number of rotatable bonds is 10. The highest BCUT2D eigenvalue weighted by atomic mass is 19.1. The van der Waals surface area contributed by atoms with Gasteiger partial charge in [0.05, 0.1) is 6.20 Å². The summed E-state index contributed by atoms with van der Waals surface area (Å²) < 4.78 is 24.9. The monoisotopic (exact) mass is 509 g/mol. The van der Waals surface area contributed by atoms with Crippen LogP contribution in [0, 0.1) is 5.82 Å². The first-order chi connectivity index (χ1) is 17.1. The van der Waals surface area contributed by atoms with Crippen molar-refractivity contribution in [2.45, 2.75) is 63.2 Å². The van der Waals surface area contributed by atoms with Crippen LogP contribution >= 0.6 is 0 Å². The van der Waals surface area contributed by atoms with Crippen molar-refractivity contribution in [3.63, 3.8) is 0 Å². The molecule has 1 aliphatic rings. The van der Waals surface area contributed by atoms with Crippen LogP contribution in [0.2, 0.25) is 0 Å². The molecule has 5 N–H and O–H groups in total. The number of hydrogen-bond acceptors (Lipinski definition) is 9. The third-order valence-corrected chi connectivity index (χ3v) is 5.68. The third kappa shape index (κ3) is 6.56. The van der Waals surface area contributed by atoms with E-state index in [1.54, 1.807) is 17.1 Å². The summed E-state index contributed by atoms with van der Waals surface area (Å²) in [5.74, 6) is -2.46. The highest BCUT2D eigenvalue weighted by Gasteiger charge is 2.45. The lowest BCUT2D eigenvalue weighted by molar-refractivity contribution is -0.154. The van der Waals surface area contributed by atoms with Crippen LogP contribution in [0.3, 0.4) is 0 Å². The molecule has 12 nitrogen and oxygen atoms in total. The van der Waals surface area contributed by atoms with Gasteiger partial charge in [0.25, 0.3) is 5.56 Å². The van der Waals surface area contributed by atoms with E-state index in [0.29, 0.717) is 22.7 Å². The average molecular weight is 509 g/mol. The van der Waals surface area contributed by atoms with Crippen molar-refractivity contribution in [2.24, 2.45) is 0 Å². The molecule has 2 aromatic rings. The van der Waals surface area contributed by atoms with Gasteiger partial charge in [0, 0.05) is 12.8 Å². The van der Waals surface area contributed by atoms with Gasteiger partial charge >= 0.3 is 11.7 Å². The Morgan fingerprint density at radius 1 is 1.22 bits per heavy atom. The van der Waals surface area contributed by atoms with Gasteiger partial charge in [-0.25, -0.2) is 9.59 Å². The normalized spacial score (nSPS) is 22.2. The molecule has 1 fully saturated rings. The zero-order valence-corrected chi connectivity index (χ0v) is 19.4. The molecule has 1 aromatic carbocycles. The van der Waals surface area contributed by atoms with E-state index in [9.17, 15) is 38.9 Å². The van der Waals surface area contributed by atoms with Gasteiger partial charge in [0.1, 0.15) is 36.7 Å². The van der Waals surface area contributed by atoms with E-state index in [0.717, 1.165) is 6.42 Å². The molecule has 0 radical (unpaired) electrons. The number of unbranched alkanes of at least 4 members (excludes halogenated alkanes) is 1. The van der Waals surface area contributed by atoms with Gasteiger partial charge in [0.2, 0.25) is 11.7 Å². The number of amides is 1. The maximum absolute atomic E-state index is 13.6. The molecular formula is C23H28FN3O9. The van der Waals surface area contributed by atoms with E-state index in [-0.39, 0.29) is 24.5 Å². The standard InChI is InChI=1S/C23H28FN3O9/c1-2-3-4-17(29)25-15(9-12-5-7-13(28)8-6-12)22(33)35-11-16-18(30)19(31)21(36-16)27-10-14(24)20(32)26-23(27)34/h5-8,10,15-16,18-19,21,28,30-31H,2-4,9,11H2,1H3,(H,25,29)(H,26,32,34)/t15-,16+,18+,19+,21+/m0/s1.